The molecule has 12 heavy (non-hydrogen) atoms. The molecule has 0 amide bonds. The van der Waals surface area contributed by atoms with Gasteiger partial charge in [-0.2, -0.15) is 0 Å². The summed E-state index contributed by atoms with van der Waals surface area (Å²) in [5.74, 6) is 0.785. The fourth-order valence-electron chi connectivity index (χ4n) is 2.01. The maximum absolute atomic E-state index is 2.53. The van der Waals surface area contributed by atoms with E-state index in [9.17, 15) is 0 Å². The number of nitrogens with zero attached hydrogens (tertiary/aromatic N) is 1. The lowest BCUT2D eigenvalue weighted by Crippen LogP contribution is -2.50. The van der Waals surface area contributed by atoms with Gasteiger partial charge >= 0.3 is 0 Å². The van der Waals surface area contributed by atoms with Crippen LogP contribution in [0.3, 0.4) is 0 Å². The number of hydrogen-bond donors (Lipinski definition) is 0. The van der Waals surface area contributed by atoms with Gasteiger partial charge in [0.1, 0.15) is 0 Å². The Morgan fingerprint density at radius 2 is 1.83 bits per heavy atom. The summed E-state index contributed by atoms with van der Waals surface area (Å²) in [6.07, 6.45) is 4.18. The van der Waals surface area contributed by atoms with E-state index in [0.717, 1.165) is 5.92 Å². The zero-order chi connectivity index (χ0) is 8.48. The molecule has 0 aromatic heterocycles. The van der Waals surface area contributed by atoms with Crippen molar-refractivity contribution in [3.8, 4) is 0 Å². The molecule has 1 heterocycles. The van der Waals surface area contributed by atoms with Crippen molar-refractivity contribution >= 4 is 0 Å². The predicted molar refractivity (Wildman–Crippen MR) is 53.3 cm³/mol. The maximum Gasteiger partial charge on any atom is 0.0201 e. The van der Waals surface area contributed by atoms with Crippen LogP contribution in [0.15, 0.2) is 0 Å². The van der Waals surface area contributed by atoms with Gasteiger partial charge in [0.25, 0.3) is 0 Å². The molecule has 1 atom stereocenters. The number of piperidine rings is 1. The first kappa shape index (κ1) is 11.9. The number of hydrogen-bond acceptors (Lipinski definition) is 1. The Bertz CT molecular complexity index is 136. The normalized spacial score (nSPS) is 31.8. The van der Waals surface area contributed by atoms with Crippen LogP contribution in [0.5, 0.6) is 0 Å². The third kappa shape index (κ3) is 1.99. The molecule has 1 aliphatic heterocycles. The van der Waals surface area contributed by atoms with Gasteiger partial charge < -0.3 is 10.4 Å². The molecule has 74 valence electrons. The van der Waals surface area contributed by atoms with Crippen molar-refractivity contribution in [3.05, 3.63) is 0 Å². The van der Waals surface area contributed by atoms with Crippen LogP contribution in [-0.4, -0.2) is 29.5 Å². The fraction of sp³-hybridized carbons (Fsp3) is 1.00. The highest BCUT2D eigenvalue weighted by atomic mass is 16.0. The largest absolute Gasteiger partial charge is 0.412 e. The summed E-state index contributed by atoms with van der Waals surface area (Å²) in [5, 5.41) is 0. The van der Waals surface area contributed by atoms with E-state index in [1.807, 2.05) is 0 Å². The van der Waals surface area contributed by atoms with Crippen LogP contribution in [-0.2, 0) is 0 Å². The summed E-state index contributed by atoms with van der Waals surface area (Å²) in [4.78, 5) is 2.53. The summed E-state index contributed by atoms with van der Waals surface area (Å²) in [6, 6.07) is 0. The molecule has 0 aromatic rings. The third-order valence-corrected chi connectivity index (χ3v) is 3.54. The first-order chi connectivity index (χ1) is 5.07. The van der Waals surface area contributed by atoms with Crippen LogP contribution in [0.1, 0.15) is 40.0 Å². The maximum atomic E-state index is 2.53. The highest BCUT2D eigenvalue weighted by Gasteiger charge is 2.34. The molecular formula is C10H23NO. The van der Waals surface area contributed by atoms with Gasteiger partial charge in [0.05, 0.1) is 0 Å². The Kier molecular flexibility index (Phi) is 4.21. The van der Waals surface area contributed by atoms with Gasteiger partial charge in [-0.05, 0) is 39.3 Å². The molecular weight excluding hydrogens is 150 g/mol. The second kappa shape index (κ2) is 4.24. The van der Waals surface area contributed by atoms with Gasteiger partial charge in [-0.15, -0.1) is 0 Å². The lowest BCUT2D eigenvalue weighted by Gasteiger charge is -2.46. The van der Waals surface area contributed by atoms with Crippen molar-refractivity contribution < 1.29 is 5.48 Å². The molecule has 2 N–H and O–H groups in total. The quantitative estimate of drug-likeness (QED) is 0.594. The summed E-state index contributed by atoms with van der Waals surface area (Å²) in [7, 11) is 2.26. The minimum absolute atomic E-state index is 0. The van der Waals surface area contributed by atoms with E-state index in [2.05, 4.69) is 32.7 Å². The second-order valence-corrected chi connectivity index (χ2v) is 4.39. The molecule has 0 bridgehead atoms. The van der Waals surface area contributed by atoms with Crippen molar-refractivity contribution in [1.82, 2.24) is 4.90 Å². The molecule has 0 aliphatic carbocycles. The van der Waals surface area contributed by atoms with Crippen LogP contribution in [0, 0.1) is 5.92 Å². The zero-order valence-electron chi connectivity index (χ0n) is 8.85. The van der Waals surface area contributed by atoms with E-state index >= 15 is 0 Å². The van der Waals surface area contributed by atoms with E-state index in [1.54, 1.807) is 0 Å². The molecule has 0 saturated carbocycles. The fourth-order valence-corrected chi connectivity index (χ4v) is 2.01. The minimum Gasteiger partial charge on any atom is -0.412 e. The van der Waals surface area contributed by atoms with Gasteiger partial charge in [-0.3, -0.25) is 0 Å². The summed E-state index contributed by atoms with van der Waals surface area (Å²) < 4.78 is 0. The van der Waals surface area contributed by atoms with Crippen molar-refractivity contribution in [2.24, 2.45) is 5.92 Å². The standard InChI is InChI=1S/C10H21N.H2O/c1-9(2)10(3)7-5-6-8-11(10)4;/h9H,5-8H2,1-4H3;1H2. The van der Waals surface area contributed by atoms with E-state index in [4.69, 9.17) is 0 Å². The van der Waals surface area contributed by atoms with Crippen LogP contribution in [0.4, 0.5) is 0 Å². The van der Waals surface area contributed by atoms with E-state index in [-0.39, 0.29) is 5.48 Å². The molecule has 2 heteroatoms. The van der Waals surface area contributed by atoms with Crippen molar-refractivity contribution in [2.45, 2.75) is 45.6 Å². The smallest absolute Gasteiger partial charge is 0.0201 e. The van der Waals surface area contributed by atoms with Gasteiger partial charge in [0.2, 0.25) is 0 Å². The van der Waals surface area contributed by atoms with Gasteiger partial charge in [0, 0.05) is 5.54 Å². The Labute approximate surface area is 76.3 Å². The molecule has 1 unspecified atom stereocenters. The first-order valence-electron chi connectivity index (χ1n) is 4.78. The molecule has 1 saturated heterocycles. The van der Waals surface area contributed by atoms with Crippen LogP contribution in [0.25, 0.3) is 0 Å². The average molecular weight is 173 g/mol. The third-order valence-electron chi connectivity index (χ3n) is 3.54. The Balaban J connectivity index is 0.00000121. The molecule has 0 spiro atoms. The Hall–Kier alpha value is -0.0800. The van der Waals surface area contributed by atoms with Crippen LogP contribution in [0.2, 0.25) is 0 Å². The van der Waals surface area contributed by atoms with E-state index < -0.39 is 0 Å². The van der Waals surface area contributed by atoms with Crippen LogP contribution >= 0.6 is 0 Å². The molecule has 1 rings (SSSR count). The Morgan fingerprint density at radius 3 is 2.17 bits per heavy atom. The lowest BCUT2D eigenvalue weighted by atomic mass is 9.80. The molecule has 1 fully saturated rings. The molecule has 2 nitrogen and oxygen atoms in total. The highest BCUT2D eigenvalue weighted by Crippen LogP contribution is 2.32. The average Bonchev–Trinajstić information content (AvgIpc) is 1.95. The number of likely N-dealkylation sites (tertiary alicyclic amines) is 1. The van der Waals surface area contributed by atoms with Crippen LogP contribution < -0.4 is 0 Å². The SMILES string of the molecule is CC(C)C1(C)CCCCN1C.O. The Morgan fingerprint density at radius 1 is 1.25 bits per heavy atom. The summed E-state index contributed by atoms with van der Waals surface area (Å²) >= 11 is 0. The van der Waals surface area contributed by atoms with Gasteiger partial charge in [-0.1, -0.05) is 20.3 Å². The lowest BCUT2D eigenvalue weighted by molar-refractivity contribution is 0.0476. The second-order valence-electron chi connectivity index (χ2n) is 4.39. The van der Waals surface area contributed by atoms with E-state index in [1.165, 1.54) is 25.8 Å². The highest BCUT2D eigenvalue weighted by molar-refractivity contribution is 4.90. The molecule has 1 aliphatic rings. The minimum atomic E-state index is 0. The van der Waals surface area contributed by atoms with Crippen molar-refractivity contribution in [1.29, 1.82) is 0 Å². The number of rotatable bonds is 1. The monoisotopic (exact) mass is 173 g/mol. The van der Waals surface area contributed by atoms with Gasteiger partial charge in [0.15, 0.2) is 0 Å². The summed E-state index contributed by atoms with van der Waals surface area (Å²) in [5.41, 5.74) is 0.470. The summed E-state index contributed by atoms with van der Waals surface area (Å²) in [6.45, 7) is 8.36. The first-order valence-corrected chi connectivity index (χ1v) is 4.78. The van der Waals surface area contributed by atoms with E-state index in [0.29, 0.717) is 5.54 Å². The zero-order valence-corrected chi connectivity index (χ0v) is 8.85. The van der Waals surface area contributed by atoms with Crippen molar-refractivity contribution in [3.63, 3.8) is 0 Å². The topological polar surface area (TPSA) is 34.7 Å². The molecule has 0 radical (unpaired) electrons. The predicted octanol–water partition coefficient (Wildman–Crippen LogP) is 1.69. The van der Waals surface area contributed by atoms with Gasteiger partial charge in [-0.25, -0.2) is 0 Å². The van der Waals surface area contributed by atoms with Crippen molar-refractivity contribution in [2.75, 3.05) is 13.6 Å². The molecule has 0 aromatic carbocycles.